The fourth-order valence-corrected chi connectivity index (χ4v) is 3.83. The standard InChI is InChI=1S/C17H32N2O/c1-4-6-10-15-17(20)19(16(5-2)18-15)14-9-7-8-13(3)11-12-14/h13-16,18H,4-12H2,1-3H3. The molecular formula is C17H32N2O. The molecule has 0 spiro atoms. The summed E-state index contributed by atoms with van der Waals surface area (Å²) in [7, 11) is 0. The van der Waals surface area contributed by atoms with Crippen molar-refractivity contribution in [3.63, 3.8) is 0 Å². The Labute approximate surface area is 124 Å². The van der Waals surface area contributed by atoms with Crippen molar-refractivity contribution in [2.24, 2.45) is 5.92 Å². The van der Waals surface area contributed by atoms with E-state index >= 15 is 0 Å². The molecule has 2 rings (SSSR count). The highest BCUT2D eigenvalue weighted by molar-refractivity contribution is 5.84. The average molecular weight is 280 g/mol. The number of unbranched alkanes of at least 4 members (excludes halogenated alkanes) is 1. The summed E-state index contributed by atoms with van der Waals surface area (Å²) in [5.41, 5.74) is 0. The predicted octanol–water partition coefficient (Wildman–Crippen LogP) is 3.68. The van der Waals surface area contributed by atoms with E-state index in [1.807, 2.05) is 0 Å². The van der Waals surface area contributed by atoms with Crippen molar-refractivity contribution in [2.75, 3.05) is 0 Å². The average Bonchev–Trinajstić information content (AvgIpc) is 2.60. The van der Waals surface area contributed by atoms with E-state index in [1.165, 1.54) is 38.5 Å². The first-order valence-corrected chi connectivity index (χ1v) is 8.75. The van der Waals surface area contributed by atoms with E-state index in [0.29, 0.717) is 11.9 Å². The predicted molar refractivity (Wildman–Crippen MR) is 83.4 cm³/mol. The molecule has 0 aromatic heterocycles. The van der Waals surface area contributed by atoms with Crippen LogP contribution in [0.25, 0.3) is 0 Å². The van der Waals surface area contributed by atoms with E-state index in [1.54, 1.807) is 0 Å². The molecule has 20 heavy (non-hydrogen) atoms. The van der Waals surface area contributed by atoms with Crippen LogP contribution >= 0.6 is 0 Å². The Hall–Kier alpha value is -0.570. The molecule has 2 aliphatic rings. The second kappa shape index (κ2) is 7.44. The molecule has 1 heterocycles. The van der Waals surface area contributed by atoms with Crippen LogP contribution in [0.5, 0.6) is 0 Å². The number of nitrogens with zero attached hydrogens (tertiary/aromatic N) is 1. The zero-order valence-electron chi connectivity index (χ0n) is 13.5. The van der Waals surface area contributed by atoms with Crippen molar-refractivity contribution < 1.29 is 4.79 Å². The van der Waals surface area contributed by atoms with Crippen LogP contribution in [-0.4, -0.2) is 29.1 Å². The number of carbonyl (C=O) groups excluding carboxylic acids is 1. The first-order valence-electron chi connectivity index (χ1n) is 8.75. The van der Waals surface area contributed by atoms with Crippen LogP contribution in [0.15, 0.2) is 0 Å². The van der Waals surface area contributed by atoms with E-state index in [0.717, 1.165) is 25.2 Å². The Morgan fingerprint density at radius 2 is 2.00 bits per heavy atom. The topological polar surface area (TPSA) is 32.3 Å². The van der Waals surface area contributed by atoms with Crippen LogP contribution in [0.4, 0.5) is 0 Å². The maximum atomic E-state index is 12.7. The zero-order valence-corrected chi connectivity index (χ0v) is 13.5. The van der Waals surface area contributed by atoms with Crippen molar-refractivity contribution >= 4 is 5.91 Å². The molecule has 3 nitrogen and oxygen atoms in total. The summed E-state index contributed by atoms with van der Waals surface area (Å²) in [5.74, 6) is 1.21. The van der Waals surface area contributed by atoms with Gasteiger partial charge in [0.05, 0.1) is 12.2 Å². The third-order valence-electron chi connectivity index (χ3n) is 5.14. The lowest BCUT2D eigenvalue weighted by atomic mass is 10.0. The van der Waals surface area contributed by atoms with Gasteiger partial charge >= 0.3 is 0 Å². The quantitative estimate of drug-likeness (QED) is 0.779. The Kier molecular flexibility index (Phi) is 5.88. The molecule has 3 heteroatoms. The van der Waals surface area contributed by atoms with E-state index < -0.39 is 0 Å². The van der Waals surface area contributed by atoms with Crippen molar-refractivity contribution in [3.8, 4) is 0 Å². The number of hydrogen-bond donors (Lipinski definition) is 1. The third-order valence-corrected chi connectivity index (χ3v) is 5.14. The number of nitrogens with one attached hydrogen (secondary N) is 1. The van der Waals surface area contributed by atoms with Gasteiger partial charge in [0.25, 0.3) is 0 Å². The normalized spacial score (nSPS) is 35.4. The summed E-state index contributed by atoms with van der Waals surface area (Å²) in [4.78, 5) is 15.0. The van der Waals surface area contributed by atoms with Crippen LogP contribution < -0.4 is 5.32 Å². The van der Waals surface area contributed by atoms with Gasteiger partial charge in [-0.05, 0) is 38.0 Å². The maximum Gasteiger partial charge on any atom is 0.241 e. The van der Waals surface area contributed by atoms with E-state index in [4.69, 9.17) is 0 Å². The summed E-state index contributed by atoms with van der Waals surface area (Å²) in [6, 6.07) is 0.567. The van der Waals surface area contributed by atoms with Gasteiger partial charge in [-0.15, -0.1) is 0 Å². The first kappa shape index (κ1) is 15.8. The maximum absolute atomic E-state index is 12.7. The van der Waals surface area contributed by atoms with E-state index in [9.17, 15) is 4.79 Å². The van der Waals surface area contributed by atoms with Gasteiger partial charge in [-0.1, -0.05) is 46.5 Å². The SMILES string of the molecule is CCCCC1NC(CC)N(C2CCCC(C)CC2)C1=O. The largest absolute Gasteiger partial charge is 0.323 e. The lowest BCUT2D eigenvalue weighted by Crippen LogP contribution is -2.44. The third kappa shape index (κ3) is 3.55. The number of carbonyl (C=O) groups is 1. The molecule has 2 fully saturated rings. The highest BCUT2D eigenvalue weighted by Gasteiger charge is 2.41. The van der Waals surface area contributed by atoms with Gasteiger partial charge in [-0.2, -0.15) is 0 Å². The lowest BCUT2D eigenvalue weighted by molar-refractivity contribution is -0.132. The molecule has 4 atom stereocenters. The summed E-state index contributed by atoms with van der Waals surface area (Å²) < 4.78 is 0. The molecule has 1 N–H and O–H groups in total. The smallest absolute Gasteiger partial charge is 0.241 e. The Morgan fingerprint density at radius 1 is 1.20 bits per heavy atom. The molecule has 0 aromatic rings. The molecule has 116 valence electrons. The highest BCUT2D eigenvalue weighted by atomic mass is 16.2. The second-order valence-electron chi connectivity index (χ2n) is 6.80. The molecule has 0 radical (unpaired) electrons. The van der Waals surface area contributed by atoms with Gasteiger partial charge < -0.3 is 4.90 Å². The summed E-state index contributed by atoms with van der Waals surface area (Å²) in [5, 5.41) is 3.58. The Balaban J connectivity index is 2.02. The van der Waals surface area contributed by atoms with Crippen molar-refractivity contribution in [1.29, 1.82) is 0 Å². The van der Waals surface area contributed by atoms with Crippen LogP contribution in [0.1, 0.15) is 78.6 Å². The molecule has 1 amide bonds. The van der Waals surface area contributed by atoms with Crippen molar-refractivity contribution in [3.05, 3.63) is 0 Å². The lowest BCUT2D eigenvalue weighted by Gasteiger charge is -2.32. The number of rotatable bonds is 5. The molecule has 0 aromatic carbocycles. The van der Waals surface area contributed by atoms with Gasteiger partial charge in [0.15, 0.2) is 0 Å². The zero-order chi connectivity index (χ0) is 14.5. The van der Waals surface area contributed by atoms with E-state index in [2.05, 4.69) is 31.0 Å². The molecule has 1 saturated heterocycles. The fraction of sp³-hybridized carbons (Fsp3) is 0.941. The van der Waals surface area contributed by atoms with E-state index in [-0.39, 0.29) is 12.2 Å². The minimum absolute atomic E-state index is 0.0839. The molecule has 1 saturated carbocycles. The number of hydrogen-bond acceptors (Lipinski definition) is 2. The van der Waals surface area contributed by atoms with Gasteiger partial charge in [-0.25, -0.2) is 0 Å². The van der Waals surface area contributed by atoms with Crippen molar-refractivity contribution in [2.45, 2.75) is 96.8 Å². The van der Waals surface area contributed by atoms with Crippen LogP contribution in [0.3, 0.4) is 0 Å². The van der Waals surface area contributed by atoms with Gasteiger partial charge in [0.1, 0.15) is 0 Å². The van der Waals surface area contributed by atoms with Gasteiger partial charge in [0.2, 0.25) is 5.91 Å². The molecular weight excluding hydrogens is 248 g/mol. The minimum Gasteiger partial charge on any atom is -0.323 e. The van der Waals surface area contributed by atoms with Crippen LogP contribution in [0.2, 0.25) is 0 Å². The van der Waals surface area contributed by atoms with Gasteiger partial charge in [-0.3, -0.25) is 10.1 Å². The van der Waals surface area contributed by atoms with Gasteiger partial charge in [0, 0.05) is 6.04 Å². The molecule has 0 bridgehead atoms. The van der Waals surface area contributed by atoms with Crippen LogP contribution in [0, 0.1) is 5.92 Å². The molecule has 4 unspecified atom stereocenters. The molecule has 1 aliphatic heterocycles. The molecule has 1 aliphatic carbocycles. The monoisotopic (exact) mass is 280 g/mol. The summed E-state index contributed by atoms with van der Waals surface area (Å²) in [6.07, 6.45) is 10.9. The second-order valence-corrected chi connectivity index (χ2v) is 6.80. The van der Waals surface area contributed by atoms with Crippen LogP contribution in [-0.2, 0) is 4.79 Å². The van der Waals surface area contributed by atoms with Crippen molar-refractivity contribution in [1.82, 2.24) is 10.2 Å². The minimum atomic E-state index is 0.0839. The highest BCUT2D eigenvalue weighted by Crippen LogP contribution is 2.30. The number of amides is 1. The summed E-state index contributed by atoms with van der Waals surface area (Å²) in [6.45, 7) is 6.74. The first-order chi connectivity index (χ1) is 9.67. The Bertz CT molecular complexity index is 318. The summed E-state index contributed by atoms with van der Waals surface area (Å²) >= 11 is 0. The fourth-order valence-electron chi connectivity index (χ4n) is 3.83. The Morgan fingerprint density at radius 3 is 2.70 bits per heavy atom.